The minimum absolute atomic E-state index is 0.0244. The number of rotatable bonds is 6. The Morgan fingerprint density at radius 3 is 3.21 bits per heavy atom. The molecule has 19 heavy (non-hydrogen) atoms. The van der Waals surface area contributed by atoms with Gasteiger partial charge >= 0.3 is 0 Å². The van der Waals surface area contributed by atoms with Gasteiger partial charge in [-0.1, -0.05) is 6.92 Å². The Morgan fingerprint density at radius 2 is 2.47 bits per heavy atom. The lowest BCUT2D eigenvalue weighted by atomic mass is 10.1. The van der Waals surface area contributed by atoms with E-state index in [1.165, 1.54) is 12.2 Å². The van der Waals surface area contributed by atoms with Gasteiger partial charge in [-0.05, 0) is 42.4 Å². The van der Waals surface area contributed by atoms with Crippen molar-refractivity contribution >= 4 is 23.5 Å². The normalized spacial score (nSPS) is 18.3. The first-order valence-corrected chi connectivity index (χ1v) is 8.01. The summed E-state index contributed by atoms with van der Waals surface area (Å²) in [5, 5.41) is 6.22. The van der Waals surface area contributed by atoms with Crippen LogP contribution in [0, 0.1) is 5.92 Å². The third-order valence-electron chi connectivity index (χ3n) is 3.17. The summed E-state index contributed by atoms with van der Waals surface area (Å²) in [7, 11) is 0. The molecule has 0 aromatic carbocycles. The first kappa shape index (κ1) is 14.2. The topological polar surface area (TPSA) is 54.0 Å². The number of carbonyl (C=O) groups excluding carboxylic acids is 1. The predicted molar refractivity (Wildman–Crippen MR) is 80.8 cm³/mol. The Hall–Kier alpha value is -1.23. The van der Waals surface area contributed by atoms with Crippen LogP contribution in [-0.4, -0.2) is 35.5 Å². The van der Waals surface area contributed by atoms with Gasteiger partial charge in [-0.2, -0.15) is 11.8 Å². The van der Waals surface area contributed by atoms with Crippen LogP contribution in [0.5, 0.6) is 0 Å². The molecule has 0 radical (unpaired) electrons. The van der Waals surface area contributed by atoms with E-state index in [0.29, 0.717) is 17.3 Å². The van der Waals surface area contributed by atoms with Crippen molar-refractivity contribution in [3.8, 4) is 0 Å². The highest BCUT2D eigenvalue weighted by atomic mass is 32.2. The van der Waals surface area contributed by atoms with E-state index in [4.69, 9.17) is 0 Å². The van der Waals surface area contributed by atoms with Gasteiger partial charge in [-0.25, -0.2) is 4.98 Å². The van der Waals surface area contributed by atoms with Crippen molar-refractivity contribution in [1.82, 2.24) is 10.3 Å². The van der Waals surface area contributed by atoms with E-state index in [1.54, 1.807) is 12.3 Å². The number of carbonyl (C=O) groups is 1. The van der Waals surface area contributed by atoms with Gasteiger partial charge in [0.2, 0.25) is 0 Å². The van der Waals surface area contributed by atoms with Gasteiger partial charge in [0.05, 0.1) is 5.56 Å². The fourth-order valence-corrected chi connectivity index (χ4v) is 3.33. The summed E-state index contributed by atoms with van der Waals surface area (Å²) < 4.78 is 0. The fourth-order valence-electron chi connectivity index (χ4n) is 2.05. The maximum Gasteiger partial charge on any atom is 0.255 e. The summed E-state index contributed by atoms with van der Waals surface area (Å²) in [5.74, 6) is 3.66. The first-order chi connectivity index (χ1) is 9.31. The van der Waals surface area contributed by atoms with Crippen LogP contribution in [0.15, 0.2) is 18.3 Å². The summed E-state index contributed by atoms with van der Waals surface area (Å²) in [6.45, 7) is 3.69. The van der Waals surface area contributed by atoms with E-state index < -0.39 is 0 Å². The molecule has 0 saturated carbocycles. The fraction of sp³-hybridized carbons (Fsp3) is 0.571. The minimum atomic E-state index is -0.0244. The van der Waals surface area contributed by atoms with Gasteiger partial charge in [-0.3, -0.25) is 4.79 Å². The second-order valence-electron chi connectivity index (χ2n) is 4.77. The number of thioether (sulfide) groups is 1. The lowest BCUT2D eigenvalue weighted by Crippen LogP contribution is -2.30. The van der Waals surface area contributed by atoms with Crippen molar-refractivity contribution in [2.75, 3.05) is 29.9 Å². The zero-order chi connectivity index (χ0) is 13.5. The second kappa shape index (κ2) is 7.38. The van der Waals surface area contributed by atoms with Crippen molar-refractivity contribution in [2.45, 2.75) is 19.8 Å². The molecule has 1 atom stereocenters. The number of hydrogen-bond acceptors (Lipinski definition) is 4. The van der Waals surface area contributed by atoms with E-state index in [2.05, 4.69) is 22.5 Å². The number of hydrogen-bond donors (Lipinski definition) is 2. The summed E-state index contributed by atoms with van der Waals surface area (Å²) in [6.07, 6.45) is 3.93. The van der Waals surface area contributed by atoms with Crippen LogP contribution in [0.1, 0.15) is 30.1 Å². The molecular formula is C14H21N3OS. The summed E-state index contributed by atoms with van der Waals surface area (Å²) in [6, 6.07) is 3.63. The van der Waals surface area contributed by atoms with Gasteiger partial charge in [0.25, 0.3) is 5.91 Å². The minimum Gasteiger partial charge on any atom is -0.369 e. The lowest BCUT2D eigenvalue weighted by molar-refractivity contribution is 0.0949. The lowest BCUT2D eigenvalue weighted by Gasteiger charge is -2.12. The van der Waals surface area contributed by atoms with E-state index >= 15 is 0 Å². The molecule has 104 valence electrons. The van der Waals surface area contributed by atoms with Crippen molar-refractivity contribution in [2.24, 2.45) is 5.92 Å². The van der Waals surface area contributed by atoms with Gasteiger partial charge in [0.1, 0.15) is 5.82 Å². The Bertz CT molecular complexity index is 419. The molecule has 1 amide bonds. The zero-order valence-electron chi connectivity index (χ0n) is 11.3. The van der Waals surface area contributed by atoms with Gasteiger partial charge in [0, 0.05) is 19.3 Å². The van der Waals surface area contributed by atoms with Gasteiger partial charge < -0.3 is 10.6 Å². The van der Waals surface area contributed by atoms with Crippen LogP contribution < -0.4 is 10.6 Å². The maximum absolute atomic E-state index is 12.2. The average Bonchev–Trinajstić information content (AvgIpc) is 2.96. The summed E-state index contributed by atoms with van der Waals surface area (Å²) in [5.41, 5.74) is 0.640. The van der Waals surface area contributed by atoms with Crippen molar-refractivity contribution in [3.05, 3.63) is 23.9 Å². The van der Waals surface area contributed by atoms with Crippen molar-refractivity contribution in [1.29, 1.82) is 0 Å². The number of nitrogens with one attached hydrogen (secondary N) is 2. The molecule has 0 bridgehead atoms. The molecule has 0 aliphatic carbocycles. The molecule has 1 aliphatic rings. The van der Waals surface area contributed by atoms with Crippen LogP contribution in [0.25, 0.3) is 0 Å². The highest BCUT2D eigenvalue weighted by Gasteiger charge is 2.18. The molecule has 2 rings (SSSR count). The Balaban J connectivity index is 1.93. The van der Waals surface area contributed by atoms with Crippen LogP contribution in [0.3, 0.4) is 0 Å². The molecule has 1 fully saturated rings. The monoisotopic (exact) mass is 279 g/mol. The predicted octanol–water partition coefficient (Wildman–Crippen LogP) is 2.39. The van der Waals surface area contributed by atoms with Crippen LogP contribution in [0.4, 0.5) is 5.82 Å². The Labute approximate surface area is 118 Å². The quantitative estimate of drug-likeness (QED) is 0.839. The van der Waals surface area contributed by atoms with Crippen LogP contribution in [-0.2, 0) is 0 Å². The largest absolute Gasteiger partial charge is 0.369 e. The van der Waals surface area contributed by atoms with Crippen molar-refractivity contribution < 1.29 is 4.79 Å². The van der Waals surface area contributed by atoms with E-state index in [-0.39, 0.29) is 5.91 Å². The highest BCUT2D eigenvalue weighted by molar-refractivity contribution is 7.99. The summed E-state index contributed by atoms with van der Waals surface area (Å²) >= 11 is 1.97. The molecule has 0 spiro atoms. The number of nitrogens with zero attached hydrogens (tertiary/aromatic N) is 1. The van der Waals surface area contributed by atoms with Gasteiger partial charge in [-0.15, -0.1) is 0 Å². The average molecular weight is 279 g/mol. The molecule has 1 unspecified atom stereocenters. The molecule has 1 saturated heterocycles. The second-order valence-corrected chi connectivity index (χ2v) is 5.92. The van der Waals surface area contributed by atoms with E-state index in [0.717, 1.165) is 25.3 Å². The number of anilines is 1. The van der Waals surface area contributed by atoms with E-state index in [9.17, 15) is 4.79 Å². The molecule has 1 aromatic heterocycles. The molecular weight excluding hydrogens is 258 g/mol. The molecule has 4 nitrogen and oxygen atoms in total. The van der Waals surface area contributed by atoms with Crippen LogP contribution in [0.2, 0.25) is 0 Å². The zero-order valence-corrected chi connectivity index (χ0v) is 12.1. The maximum atomic E-state index is 12.2. The standard InChI is InChI=1S/C14H21N3OS/c1-2-6-15-13-12(4-3-7-16-13)14(18)17-9-11-5-8-19-10-11/h3-4,7,11H,2,5-6,8-10H2,1H3,(H,15,16)(H,17,18). The first-order valence-electron chi connectivity index (χ1n) is 6.86. The molecule has 1 aliphatic heterocycles. The molecule has 2 N–H and O–H groups in total. The highest BCUT2D eigenvalue weighted by Crippen LogP contribution is 2.22. The third-order valence-corrected chi connectivity index (χ3v) is 4.40. The molecule has 2 heterocycles. The van der Waals surface area contributed by atoms with Gasteiger partial charge in [0.15, 0.2) is 0 Å². The third kappa shape index (κ3) is 4.13. The number of pyridine rings is 1. The Kier molecular flexibility index (Phi) is 5.51. The van der Waals surface area contributed by atoms with Crippen molar-refractivity contribution in [3.63, 3.8) is 0 Å². The number of aromatic nitrogens is 1. The van der Waals surface area contributed by atoms with E-state index in [1.807, 2.05) is 17.8 Å². The molecule has 5 heteroatoms. The SMILES string of the molecule is CCCNc1ncccc1C(=O)NCC1CCSC1. The summed E-state index contributed by atoms with van der Waals surface area (Å²) in [4.78, 5) is 16.4. The molecule has 1 aromatic rings. The number of amides is 1. The smallest absolute Gasteiger partial charge is 0.255 e. The Morgan fingerprint density at radius 1 is 1.58 bits per heavy atom. The van der Waals surface area contributed by atoms with Crippen LogP contribution >= 0.6 is 11.8 Å².